The van der Waals surface area contributed by atoms with Gasteiger partial charge in [-0.3, -0.25) is 0 Å². The highest BCUT2D eigenvalue weighted by Gasteiger charge is 2.26. The van der Waals surface area contributed by atoms with E-state index in [4.69, 9.17) is 18.6 Å². The quantitative estimate of drug-likeness (QED) is 0.429. The van der Waals surface area contributed by atoms with E-state index in [1.54, 1.807) is 5.71 Å². The third-order valence-electron chi connectivity index (χ3n) is 2.23. The molecular weight excluding hydrogens is 198 g/mol. The Morgan fingerprint density at radius 1 is 1.08 bits per heavy atom. The van der Waals surface area contributed by atoms with Crippen LogP contribution < -0.4 is 14.0 Å². The zero-order valence-electron chi connectivity index (χ0n) is 7.24. The zero-order chi connectivity index (χ0) is 9.90. The van der Waals surface area contributed by atoms with Crippen molar-refractivity contribution in [2.75, 3.05) is 13.1 Å². The summed E-state index contributed by atoms with van der Waals surface area (Å²) in [5.41, 5.74) is 1.74. The molecule has 2 aliphatic heterocycles. The fourth-order valence-electron chi connectivity index (χ4n) is 1.82. The fourth-order valence-corrected chi connectivity index (χ4v) is 1.82. The van der Waals surface area contributed by atoms with Gasteiger partial charge in [-0.15, -0.1) is 0 Å². The predicted molar refractivity (Wildman–Crippen MR) is 35.7 cm³/mol. The highest BCUT2D eigenvalue weighted by Crippen LogP contribution is 2.15. The van der Waals surface area contributed by atoms with Gasteiger partial charge < -0.3 is 0 Å². The Labute approximate surface area is 78.7 Å². The molecule has 13 heavy (non-hydrogen) atoms. The van der Waals surface area contributed by atoms with Gasteiger partial charge in [0.1, 0.15) is 13.1 Å². The molecule has 2 aliphatic rings. The minimum atomic E-state index is -4.69. The summed E-state index contributed by atoms with van der Waals surface area (Å²) in [4.78, 5) is 0. The Morgan fingerprint density at radius 3 is 1.77 bits per heavy atom. The molecule has 0 radical (unpaired) electrons. The zero-order valence-corrected chi connectivity index (χ0v) is 8.00. The average Bonchev–Trinajstić information content (AvgIpc) is 2.36. The maximum atomic E-state index is 8.60. The van der Waals surface area contributed by atoms with Gasteiger partial charge in [-0.25, -0.2) is 4.58 Å². The van der Waals surface area contributed by atoms with Gasteiger partial charge in [0.15, 0.2) is 5.71 Å². The summed E-state index contributed by atoms with van der Waals surface area (Å²) in [6.45, 7) is 2.71. The molecule has 0 bridgehead atoms. The van der Waals surface area contributed by atoms with E-state index >= 15 is 0 Å². The first-order valence-electron chi connectivity index (χ1n) is 4.20. The summed E-state index contributed by atoms with van der Waals surface area (Å²) in [6, 6.07) is 0. The summed E-state index contributed by atoms with van der Waals surface area (Å²) < 4.78 is 35.3. The van der Waals surface area contributed by atoms with Gasteiger partial charge in [-0.2, -0.15) is 14.0 Å². The minimum absolute atomic E-state index is 1.36. The molecule has 0 spiro atoms. The van der Waals surface area contributed by atoms with E-state index in [9.17, 15) is 0 Å². The third-order valence-corrected chi connectivity index (χ3v) is 2.23. The monoisotopic (exact) mass is 210 g/mol. The lowest BCUT2D eigenvalue weighted by atomic mass is 10.2. The van der Waals surface area contributed by atoms with E-state index in [2.05, 4.69) is 4.58 Å². The van der Waals surface area contributed by atoms with Crippen molar-refractivity contribution in [1.82, 2.24) is 0 Å². The molecule has 0 aromatic rings. The first-order valence-corrected chi connectivity index (χ1v) is 5.46. The molecule has 5 nitrogen and oxygen atoms in total. The molecule has 0 atom stereocenters. The number of hydrogen-bond donors (Lipinski definition) is 1. The van der Waals surface area contributed by atoms with Crippen LogP contribution in [0.4, 0.5) is 0 Å². The standard InChI is InChI=1S/C7H12N.ClHO4/c1-3-7-4-2-6-8(7)5-1;2-1(3,4)5/h1-6H2;(H,2,3,4,5)/q+1;. The van der Waals surface area contributed by atoms with Crippen LogP contribution in [0.5, 0.6) is 0 Å². The Morgan fingerprint density at radius 2 is 1.46 bits per heavy atom. The molecule has 0 amide bonds. The van der Waals surface area contributed by atoms with Crippen LogP contribution in [-0.2, 0) is 0 Å². The van der Waals surface area contributed by atoms with Crippen LogP contribution in [0.3, 0.4) is 0 Å². The van der Waals surface area contributed by atoms with Crippen LogP contribution in [0.1, 0.15) is 25.7 Å². The van der Waals surface area contributed by atoms with Gasteiger partial charge in [-0.1, -0.05) is 0 Å². The van der Waals surface area contributed by atoms with Crippen molar-refractivity contribution in [3.63, 3.8) is 0 Å². The molecular formula is C7H13ClNO4+. The fraction of sp³-hybridized carbons (Fsp3) is 0.857. The second-order valence-electron chi connectivity index (χ2n) is 3.16. The first kappa shape index (κ1) is 10.9. The Balaban J connectivity index is 0.000000149. The first-order chi connectivity index (χ1) is 5.97. The van der Waals surface area contributed by atoms with Crippen molar-refractivity contribution >= 4 is 5.71 Å². The van der Waals surface area contributed by atoms with Crippen molar-refractivity contribution < 1.29 is 33.5 Å². The number of halogens is 1. The number of rotatable bonds is 0. The lowest BCUT2D eigenvalue weighted by Crippen LogP contribution is -2.58. The molecule has 0 fully saturated rings. The van der Waals surface area contributed by atoms with Crippen molar-refractivity contribution in [3.8, 4) is 0 Å². The summed E-state index contributed by atoms with van der Waals surface area (Å²) in [6.07, 6.45) is 5.66. The van der Waals surface area contributed by atoms with Gasteiger partial charge in [0.2, 0.25) is 0 Å². The molecule has 0 saturated carbocycles. The van der Waals surface area contributed by atoms with Gasteiger partial charge in [0, 0.05) is 25.7 Å². The van der Waals surface area contributed by atoms with E-state index in [-0.39, 0.29) is 0 Å². The minimum Gasteiger partial charge on any atom is -0.237 e. The third kappa shape index (κ3) is 4.54. The Kier molecular flexibility index (Phi) is 3.63. The predicted octanol–water partition coefficient (Wildman–Crippen LogP) is -3.10. The lowest BCUT2D eigenvalue weighted by molar-refractivity contribution is -1.92. The largest absolute Gasteiger partial charge is 0.237 e. The number of nitrogens with zero attached hydrogens (tertiary/aromatic N) is 1. The highest BCUT2D eigenvalue weighted by atomic mass is 35.7. The van der Waals surface area contributed by atoms with E-state index in [0.717, 1.165) is 0 Å². The lowest BCUT2D eigenvalue weighted by Gasteiger charge is -2.03. The van der Waals surface area contributed by atoms with Crippen LogP contribution in [-0.4, -0.2) is 28.0 Å². The summed E-state index contributed by atoms with van der Waals surface area (Å²) in [5, 5.41) is 0. The van der Waals surface area contributed by atoms with Gasteiger partial charge >= 0.3 is 0 Å². The maximum Gasteiger partial charge on any atom is 0.152 e. The van der Waals surface area contributed by atoms with E-state index in [1.807, 2.05) is 0 Å². The molecule has 0 saturated heterocycles. The van der Waals surface area contributed by atoms with Gasteiger partial charge in [0.05, 0.1) is 14.9 Å². The van der Waals surface area contributed by atoms with Crippen LogP contribution in [0.25, 0.3) is 0 Å². The van der Waals surface area contributed by atoms with Crippen molar-refractivity contribution in [2.24, 2.45) is 0 Å². The molecule has 2 heterocycles. The molecule has 0 aliphatic carbocycles. The normalized spacial score (nSPS) is 21.2. The van der Waals surface area contributed by atoms with Crippen LogP contribution in [0.2, 0.25) is 0 Å². The molecule has 0 aromatic heterocycles. The molecule has 0 unspecified atom stereocenters. The Bertz CT molecular complexity index is 177. The van der Waals surface area contributed by atoms with E-state index < -0.39 is 10.2 Å². The summed E-state index contributed by atoms with van der Waals surface area (Å²) in [7, 11) is -4.69. The average molecular weight is 211 g/mol. The summed E-state index contributed by atoms with van der Waals surface area (Å²) in [5.74, 6) is 0. The van der Waals surface area contributed by atoms with Crippen LogP contribution in [0, 0.1) is 10.2 Å². The molecule has 6 heteroatoms. The highest BCUT2D eigenvalue weighted by molar-refractivity contribution is 5.81. The topological polar surface area (TPSA) is 92.4 Å². The second kappa shape index (κ2) is 4.34. The molecule has 0 aromatic carbocycles. The second-order valence-corrected chi connectivity index (χ2v) is 3.95. The van der Waals surface area contributed by atoms with Crippen molar-refractivity contribution in [2.45, 2.75) is 25.7 Å². The Hall–Kier alpha value is -0.200. The van der Waals surface area contributed by atoms with Gasteiger partial charge in [0.25, 0.3) is 0 Å². The molecule has 76 valence electrons. The SMILES string of the molecule is C1CC2=[N+](C1)CCC2.[O-][Cl+3]([O-])([O-])O. The van der Waals surface area contributed by atoms with Crippen LogP contribution >= 0.6 is 0 Å². The van der Waals surface area contributed by atoms with Crippen molar-refractivity contribution in [1.29, 1.82) is 0 Å². The van der Waals surface area contributed by atoms with E-state index in [1.165, 1.54) is 38.8 Å². The van der Waals surface area contributed by atoms with Gasteiger partial charge in [-0.05, 0) is 0 Å². The van der Waals surface area contributed by atoms with E-state index in [0.29, 0.717) is 0 Å². The smallest absolute Gasteiger partial charge is 0.152 e. The summed E-state index contributed by atoms with van der Waals surface area (Å²) >= 11 is 0. The number of hydrogen-bond acceptors (Lipinski definition) is 4. The van der Waals surface area contributed by atoms with Crippen molar-refractivity contribution in [3.05, 3.63) is 0 Å². The maximum absolute atomic E-state index is 8.60. The molecule has 2 rings (SSSR count). The molecule has 1 N–H and O–H groups in total. The van der Waals surface area contributed by atoms with Crippen LogP contribution in [0.15, 0.2) is 0 Å².